The van der Waals surface area contributed by atoms with Crippen LogP contribution in [0.1, 0.15) is 10.4 Å². The molecular weight excluding hydrogens is 255 g/mol. The summed E-state index contributed by atoms with van der Waals surface area (Å²) in [4.78, 5) is 11.5. The number of hydrogen-bond acceptors (Lipinski definition) is 2. The quantitative estimate of drug-likeness (QED) is 0.659. The Morgan fingerprint density at radius 1 is 1.53 bits per heavy atom. The minimum absolute atomic E-state index is 0.124. The number of carboxylic acids is 1. The van der Waals surface area contributed by atoms with Gasteiger partial charge in [0.05, 0.1) is 10.6 Å². The van der Waals surface area contributed by atoms with E-state index >= 15 is 0 Å². The van der Waals surface area contributed by atoms with Crippen LogP contribution in [0, 0.1) is 0 Å². The molecule has 15 heavy (non-hydrogen) atoms. The first-order chi connectivity index (χ1) is 7.06. The Bertz CT molecular complexity index is 405. The smallest absolute Gasteiger partial charge is 0.336 e. The number of rotatable bonds is 4. The minimum atomic E-state index is -1.04. The molecule has 1 N–H and O–H groups in total. The zero-order valence-corrected chi connectivity index (χ0v) is 9.99. The van der Waals surface area contributed by atoms with Gasteiger partial charge in [-0.3, -0.25) is 0 Å². The van der Waals surface area contributed by atoms with Crippen LogP contribution in [0.5, 0.6) is 0 Å². The van der Waals surface area contributed by atoms with Crippen LogP contribution in [0.15, 0.2) is 29.7 Å². The topological polar surface area (TPSA) is 37.3 Å². The van der Waals surface area contributed by atoms with Crippen molar-refractivity contribution in [3.63, 3.8) is 0 Å². The fourth-order valence-electron chi connectivity index (χ4n) is 1.01. The van der Waals surface area contributed by atoms with Gasteiger partial charge in [-0.2, -0.15) is 0 Å². The standard InChI is InChI=1S/C10H8Cl2O2S/c1-2-3-15-9-7(10(13)14)4-6(11)5-8(9)12/h2,4-5H,1,3H2,(H,13,14). The number of hydrogen-bond donors (Lipinski definition) is 1. The summed E-state index contributed by atoms with van der Waals surface area (Å²) in [5, 5.41) is 9.63. The van der Waals surface area contributed by atoms with Gasteiger partial charge in [0.2, 0.25) is 0 Å². The van der Waals surface area contributed by atoms with Crippen LogP contribution >= 0.6 is 35.0 Å². The van der Waals surface area contributed by atoms with Crippen molar-refractivity contribution >= 4 is 40.9 Å². The van der Waals surface area contributed by atoms with Crippen molar-refractivity contribution in [2.45, 2.75) is 4.90 Å². The average Bonchev–Trinajstić information content (AvgIpc) is 2.15. The van der Waals surface area contributed by atoms with Crippen LogP contribution in [0.3, 0.4) is 0 Å². The highest BCUT2D eigenvalue weighted by molar-refractivity contribution is 7.99. The molecule has 0 spiro atoms. The highest BCUT2D eigenvalue weighted by atomic mass is 35.5. The number of carbonyl (C=O) groups is 1. The Morgan fingerprint density at radius 3 is 2.73 bits per heavy atom. The van der Waals surface area contributed by atoms with E-state index in [1.54, 1.807) is 6.08 Å². The summed E-state index contributed by atoms with van der Waals surface area (Å²) in [6.07, 6.45) is 1.68. The van der Waals surface area contributed by atoms with Crippen LogP contribution in [-0.2, 0) is 0 Å². The number of thioether (sulfide) groups is 1. The maximum atomic E-state index is 10.9. The second kappa shape index (κ2) is 5.45. The van der Waals surface area contributed by atoms with Gasteiger partial charge in [-0.1, -0.05) is 29.3 Å². The number of benzene rings is 1. The van der Waals surface area contributed by atoms with Crippen molar-refractivity contribution in [3.05, 3.63) is 40.4 Å². The molecular formula is C10H8Cl2O2S. The number of carboxylic acid groups (broad SMARTS) is 1. The van der Waals surface area contributed by atoms with Crippen LogP contribution in [0.4, 0.5) is 0 Å². The van der Waals surface area contributed by atoms with E-state index in [2.05, 4.69) is 6.58 Å². The van der Waals surface area contributed by atoms with Gasteiger partial charge >= 0.3 is 5.97 Å². The van der Waals surface area contributed by atoms with Crippen LogP contribution < -0.4 is 0 Å². The molecule has 1 rings (SSSR count). The Kier molecular flexibility index (Phi) is 4.51. The van der Waals surface area contributed by atoms with E-state index in [1.165, 1.54) is 23.9 Å². The van der Waals surface area contributed by atoms with Crippen LogP contribution in [0.25, 0.3) is 0 Å². The zero-order valence-electron chi connectivity index (χ0n) is 7.67. The highest BCUT2D eigenvalue weighted by Crippen LogP contribution is 2.33. The van der Waals surface area contributed by atoms with E-state index in [9.17, 15) is 4.79 Å². The maximum Gasteiger partial charge on any atom is 0.336 e. The molecule has 0 aliphatic carbocycles. The van der Waals surface area contributed by atoms with E-state index in [4.69, 9.17) is 28.3 Å². The molecule has 1 aromatic carbocycles. The summed E-state index contributed by atoms with van der Waals surface area (Å²) in [6, 6.07) is 2.92. The van der Waals surface area contributed by atoms with Crippen molar-refractivity contribution in [3.8, 4) is 0 Å². The van der Waals surface area contributed by atoms with E-state index < -0.39 is 5.97 Å². The third-order valence-corrected chi connectivity index (χ3v) is 3.34. The molecule has 0 saturated heterocycles. The predicted molar refractivity (Wildman–Crippen MR) is 64.3 cm³/mol. The molecule has 1 aromatic rings. The molecule has 0 aliphatic heterocycles. The molecule has 0 saturated carbocycles. The lowest BCUT2D eigenvalue weighted by molar-refractivity contribution is 0.0693. The predicted octanol–water partition coefficient (Wildman–Crippen LogP) is 3.97. The van der Waals surface area contributed by atoms with E-state index in [-0.39, 0.29) is 5.56 Å². The second-order valence-corrected chi connectivity index (χ2v) is 4.54. The largest absolute Gasteiger partial charge is 0.478 e. The van der Waals surface area contributed by atoms with E-state index in [0.29, 0.717) is 20.7 Å². The minimum Gasteiger partial charge on any atom is -0.478 e. The lowest BCUT2D eigenvalue weighted by Gasteiger charge is -2.07. The van der Waals surface area contributed by atoms with Crippen molar-refractivity contribution in [2.75, 3.05) is 5.75 Å². The van der Waals surface area contributed by atoms with Gasteiger partial charge in [-0.15, -0.1) is 18.3 Å². The first kappa shape index (κ1) is 12.4. The Balaban J connectivity index is 3.20. The molecule has 0 fully saturated rings. The molecule has 0 radical (unpaired) electrons. The van der Waals surface area contributed by atoms with Crippen molar-refractivity contribution < 1.29 is 9.90 Å². The fraction of sp³-hybridized carbons (Fsp3) is 0.100. The molecule has 0 bridgehead atoms. The molecule has 5 heteroatoms. The monoisotopic (exact) mass is 262 g/mol. The van der Waals surface area contributed by atoms with E-state index in [0.717, 1.165) is 0 Å². The first-order valence-corrected chi connectivity index (χ1v) is 5.76. The summed E-state index contributed by atoms with van der Waals surface area (Å²) < 4.78 is 0. The highest BCUT2D eigenvalue weighted by Gasteiger charge is 2.14. The van der Waals surface area contributed by atoms with Crippen LogP contribution in [0.2, 0.25) is 10.0 Å². The average molecular weight is 263 g/mol. The van der Waals surface area contributed by atoms with Gasteiger partial charge in [-0.05, 0) is 12.1 Å². The van der Waals surface area contributed by atoms with Crippen molar-refractivity contribution in [1.82, 2.24) is 0 Å². The molecule has 0 unspecified atom stereocenters. The Hall–Kier alpha value is -0.640. The van der Waals surface area contributed by atoms with Crippen molar-refractivity contribution in [1.29, 1.82) is 0 Å². The summed E-state index contributed by atoms with van der Waals surface area (Å²) in [5.74, 6) is -0.437. The van der Waals surface area contributed by atoms with Gasteiger partial charge in [0.15, 0.2) is 0 Å². The van der Waals surface area contributed by atoms with Gasteiger partial charge in [0.1, 0.15) is 0 Å². The van der Waals surface area contributed by atoms with Crippen molar-refractivity contribution in [2.24, 2.45) is 0 Å². The second-order valence-electron chi connectivity index (χ2n) is 2.67. The third-order valence-electron chi connectivity index (χ3n) is 1.58. The van der Waals surface area contributed by atoms with Gasteiger partial charge in [0.25, 0.3) is 0 Å². The first-order valence-electron chi connectivity index (χ1n) is 4.02. The van der Waals surface area contributed by atoms with Gasteiger partial charge in [-0.25, -0.2) is 4.79 Å². The summed E-state index contributed by atoms with van der Waals surface area (Å²) >= 11 is 13.0. The molecule has 2 nitrogen and oxygen atoms in total. The number of halogens is 2. The summed E-state index contributed by atoms with van der Waals surface area (Å²) in [7, 11) is 0. The zero-order chi connectivity index (χ0) is 11.4. The lowest BCUT2D eigenvalue weighted by Crippen LogP contribution is -1.99. The Morgan fingerprint density at radius 2 is 2.20 bits per heavy atom. The van der Waals surface area contributed by atoms with Crippen LogP contribution in [-0.4, -0.2) is 16.8 Å². The van der Waals surface area contributed by atoms with Gasteiger partial charge < -0.3 is 5.11 Å². The Labute approximate surface area is 102 Å². The van der Waals surface area contributed by atoms with E-state index in [1.807, 2.05) is 0 Å². The fourth-order valence-corrected chi connectivity index (χ4v) is 2.45. The normalized spacial score (nSPS) is 10.0. The third kappa shape index (κ3) is 3.16. The molecule has 0 atom stereocenters. The summed E-state index contributed by atoms with van der Waals surface area (Å²) in [5.41, 5.74) is 0.124. The molecule has 0 aromatic heterocycles. The molecule has 0 heterocycles. The lowest BCUT2D eigenvalue weighted by atomic mass is 10.2. The molecule has 0 amide bonds. The van der Waals surface area contributed by atoms with Gasteiger partial charge in [0, 0.05) is 15.7 Å². The SMILES string of the molecule is C=CCSc1c(Cl)cc(Cl)cc1C(=O)O. The maximum absolute atomic E-state index is 10.9. The summed E-state index contributed by atoms with van der Waals surface area (Å²) in [6.45, 7) is 3.56. The molecule has 0 aliphatic rings. The molecule has 80 valence electrons. The number of aromatic carboxylic acids is 1.